The summed E-state index contributed by atoms with van der Waals surface area (Å²) in [5.41, 5.74) is 0.461. The molecule has 0 aromatic heterocycles. The minimum atomic E-state index is -3.51. The summed E-state index contributed by atoms with van der Waals surface area (Å²) in [4.78, 5) is 24.7. The second-order valence-electron chi connectivity index (χ2n) is 6.20. The maximum Gasteiger partial charge on any atom is 0.340 e. The molecular weight excluding hydrogens is 377 g/mol. The van der Waals surface area contributed by atoms with Crippen molar-refractivity contribution in [1.29, 1.82) is 0 Å². The number of amides is 1. The van der Waals surface area contributed by atoms with Gasteiger partial charge in [-0.2, -0.15) is 0 Å². The minimum absolute atomic E-state index is 0.0294. The summed E-state index contributed by atoms with van der Waals surface area (Å²) in [7, 11) is -3.51. The molecule has 28 heavy (non-hydrogen) atoms. The Bertz CT molecular complexity index is 761. The van der Waals surface area contributed by atoms with Gasteiger partial charge in [0.2, 0.25) is 5.91 Å². The molecular formula is C21H26NO5P. The fraction of sp³-hybridized carbons (Fsp3) is 0.333. The Labute approximate surface area is 165 Å². The van der Waals surface area contributed by atoms with Gasteiger partial charge in [0.1, 0.15) is 12.4 Å². The summed E-state index contributed by atoms with van der Waals surface area (Å²) in [6, 6.07) is 18.5. The summed E-state index contributed by atoms with van der Waals surface area (Å²) < 4.78 is 22.9. The molecule has 0 aliphatic carbocycles. The summed E-state index contributed by atoms with van der Waals surface area (Å²) in [5, 5.41) is 2.74. The van der Waals surface area contributed by atoms with E-state index < -0.39 is 25.1 Å². The predicted octanol–water partition coefficient (Wildman–Crippen LogP) is 3.55. The molecule has 0 heterocycles. The van der Waals surface area contributed by atoms with Gasteiger partial charge in [0.05, 0.1) is 18.6 Å². The van der Waals surface area contributed by atoms with Gasteiger partial charge in [-0.25, -0.2) is 0 Å². The first-order valence-corrected chi connectivity index (χ1v) is 10.9. The van der Waals surface area contributed by atoms with Crippen LogP contribution in [0.2, 0.25) is 0 Å². The third-order valence-corrected chi connectivity index (χ3v) is 6.31. The topological polar surface area (TPSA) is 81.7 Å². The Hall–Kier alpha value is -2.27. The van der Waals surface area contributed by atoms with E-state index in [4.69, 9.17) is 9.05 Å². The van der Waals surface area contributed by atoms with Crippen molar-refractivity contribution in [2.24, 2.45) is 0 Å². The molecule has 1 N–H and O–H groups in total. The van der Waals surface area contributed by atoms with E-state index in [1.807, 2.05) is 60.7 Å². The maximum atomic E-state index is 12.6. The highest BCUT2D eigenvalue weighted by Gasteiger charge is 2.35. The van der Waals surface area contributed by atoms with Crippen LogP contribution in [0.3, 0.4) is 0 Å². The van der Waals surface area contributed by atoms with Gasteiger partial charge in [-0.3, -0.25) is 9.36 Å². The van der Waals surface area contributed by atoms with E-state index in [0.717, 1.165) is 17.4 Å². The van der Waals surface area contributed by atoms with E-state index in [2.05, 4.69) is 5.32 Å². The lowest BCUT2D eigenvalue weighted by Gasteiger charge is -2.30. The van der Waals surface area contributed by atoms with E-state index >= 15 is 0 Å². The van der Waals surface area contributed by atoms with Gasteiger partial charge < -0.3 is 19.2 Å². The molecule has 0 atom stereocenters. The number of hydrogen-bond acceptors (Lipinski definition) is 5. The van der Waals surface area contributed by atoms with E-state index in [1.54, 1.807) is 13.8 Å². The van der Waals surface area contributed by atoms with Gasteiger partial charge in [-0.15, -0.1) is 0 Å². The molecule has 0 radical (unpaired) electrons. The lowest BCUT2D eigenvalue weighted by molar-refractivity contribution is -0.119. The molecule has 0 spiro atoms. The lowest BCUT2D eigenvalue weighted by atomic mass is 9.75. The monoisotopic (exact) mass is 403 g/mol. The first-order valence-electron chi connectivity index (χ1n) is 9.22. The smallest absolute Gasteiger partial charge is 0.340 e. The number of aldehydes is 1. The molecule has 0 saturated carbocycles. The molecule has 2 aromatic carbocycles. The zero-order valence-corrected chi connectivity index (χ0v) is 17.1. The molecule has 0 aliphatic heterocycles. The van der Waals surface area contributed by atoms with Crippen molar-refractivity contribution >= 4 is 19.8 Å². The van der Waals surface area contributed by atoms with E-state index in [9.17, 15) is 14.2 Å². The molecule has 6 nitrogen and oxygen atoms in total. The molecule has 0 aliphatic rings. The first-order chi connectivity index (χ1) is 13.5. The van der Waals surface area contributed by atoms with Crippen LogP contribution >= 0.6 is 7.60 Å². The molecule has 0 unspecified atom stereocenters. The number of nitrogens with one attached hydrogen (secondary N) is 1. The highest BCUT2D eigenvalue weighted by molar-refractivity contribution is 7.54. The fourth-order valence-electron chi connectivity index (χ4n) is 3.01. The van der Waals surface area contributed by atoms with E-state index in [1.165, 1.54) is 0 Å². The molecule has 2 rings (SSSR count). The van der Waals surface area contributed by atoms with Crippen molar-refractivity contribution in [1.82, 2.24) is 5.32 Å². The SMILES string of the molecule is CCOP(=O)(CC(=O)NCC(C=O)(c1ccccc1)c1ccccc1)OCC. The van der Waals surface area contributed by atoms with Crippen LogP contribution in [0, 0.1) is 0 Å². The Morgan fingerprint density at radius 1 is 0.964 bits per heavy atom. The Kier molecular flexibility index (Phi) is 8.12. The van der Waals surface area contributed by atoms with Gasteiger partial charge in [-0.1, -0.05) is 60.7 Å². The van der Waals surface area contributed by atoms with Crippen LogP contribution in [0.15, 0.2) is 60.7 Å². The third kappa shape index (κ3) is 5.38. The molecule has 0 bridgehead atoms. The van der Waals surface area contributed by atoms with Crippen molar-refractivity contribution in [3.8, 4) is 0 Å². The zero-order chi connectivity index (χ0) is 20.5. The minimum Gasteiger partial charge on any atom is -0.354 e. The van der Waals surface area contributed by atoms with Crippen molar-refractivity contribution in [3.05, 3.63) is 71.8 Å². The van der Waals surface area contributed by atoms with Crippen molar-refractivity contribution in [3.63, 3.8) is 0 Å². The van der Waals surface area contributed by atoms with Gasteiger partial charge in [0, 0.05) is 6.54 Å². The number of carbonyl (C=O) groups excluding carboxylic acids is 2. The van der Waals surface area contributed by atoms with Gasteiger partial charge >= 0.3 is 7.60 Å². The van der Waals surface area contributed by atoms with Crippen LogP contribution in [0.4, 0.5) is 0 Å². The molecule has 2 aromatic rings. The Morgan fingerprint density at radius 2 is 1.43 bits per heavy atom. The fourth-order valence-corrected chi connectivity index (χ4v) is 4.52. The summed E-state index contributed by atoms with van der Waals surface area (Å²) in [5.74, 6) is -0.497. The maximum absolute atomic E-state index is 12.6. The third-order valence-electron chi connectivity index (χ3n) is 4.33. The summed E-state index contributed by atoms with van der Waals surface area (Å²) >= 11 is 0. The van der Waals surface area contributed by atoms with Crippen LogP contribution in [0.5, 0.6) is 0 Å². The Balaban J connectivity index is 2.26. The molecule has 7 heteroatoms. The van der Waals surface area contributed by atoms with Crippen LogP contribution in [0.1, 0.15) is 25.0 Å². The normalized spacial score (nSPS) is 11.8. The predicted molar refractivity (Wildman–Crippen MR) is 108 cm³/mol. The number of benzene rings is 2. The average Bonchev–Trinajstić information content (AvgIpc) is 2.70. The van der Waals surface area contributed by atoms with Gasteiger partial charge in [0.15, 0.2) is 0 Å². The average molecular weight is 403 g/mol. The van der Waals surface area contributed by atoms with Gasteiger partial charge in [0.25, 0.3) is 0 Å². The van der Waals surface area contributed by atoms with Crippen molar-refractivity contribution < 1.29 is 23.2 Å². The van der Waals surface area contributed by atoms with E-state index in [-0.39, 0.29) is 19.8 Å². The second-order valence-corrected chi connectivity index (χ2v) is 8.26. The zero-order valence-electron chi connectivity index (χ0n) is 16.2. The number of hydrogen-bond donors (Lipinski definition) is 1. The number of carbonyl (C=O) groups is 2. The summed E-state index contributed by atoms with van der Waals surface area (Å²) in [6.07, 6.45) is 0.440. The highest BCUT2D eigenvalue weighted by Crippen LogP contribution is 2.47. The quantitative estimate of drug-likeness (QED) is 0.458. The van der Waals surface area contributed by atoms with Gasteiger partial charge in [-0.05, 0) is 25.0 Å². The van der Waals surface area contributed by atoms with Crippen LogP contribution in [-0.4, -0.2) is 38.1 Å². The Morgan fingerprint density at radius 3 is 1.82 bits per heavy atom. The molecule has 1 amide bonds. The lowest BCUT2D eigenvalue weighted by Crippen LogP contribution is -2.43. The second kappa shape index (κ2) is 10.3. The molecule has 0 fully saturated rings. The van der Waals surface area contributed by atoms with Crippen LogP contribution in [0.25, 0.3) is 0 Å². The van der Waals surface area contributed by atoms with Crippen molar-refractivity contribution in [2.75, 3.05) is 25.9 Å². The van der Waals surface area contributed by atoms with E-state index in [0.29, 0.717) is 0 Å². The largest absolute Gasteiger partial charge is 0.354 e. The molecule has 0 saturated heterocycles. The summed E-state index contributed by atoms with van der Waals surface area (Å²) in [6.45, 7) is 3.76. The number of rotatable bonds is 11. The van der Waals surface area contributed by atoms with Crippen LogP contribution in [-0.2, 0) is 28.6 Å². The molecule has 150 valence electrons. The van der Waals surface area contributed by atoms with Crippen LogP contribution < -0.4 is 5.32 Å². The van der Waals surface area contributed by atoms with Crippen molar-refractivity contribution in [2.45, 2.75) is 19.3 Å². The first kappa shape index (κ1) is 22.0. The highest BCUT2D eigenvalue weighted by atomic mass is 31.2. The standard InChI is InChI=1S/C21H26NO5P/c1-3-26-28(25,27-4-2)15-20(24)22-16-21(17-23,18-11-7-5-8-12-18)19-13-9-6-10-14-19/h5-14,17H,3-4,15-16H2,1-2H3,(H,22,24).